The van der Waals surface area contributed by atoms with Crippen molar-refractivity contribution in [1.82, 2.24) is 24.7 Å². The number of anilines is 1. The predicted octanol–water partition coefficient (Wildman–Crippen LogP) is 1.50. The maximum atomic E-state index is 12.7. The van der Waals surface area contributed by atoms with Crippen molar-refractivity contribution in [1.29, 1.82) is 0 Å². The highest BCUT2D eigenvalue weighted by molar-refractivity contribution is 5.79. The van der Waals surface area contributed by atoms with Gasteiger partial charge in [-0.1, -0.05) is 20.8 Å². The summed E-state index contributed by atoms with van der Waals surface area (Å²) in [4.78, 5) is 16.8. The van der Waals surface area contributed by atoms with Gasteiger partial charge in [0.15, 0.2) is 11.5 Å². The molecule has 2 aromatic rings. The van der Waals surface area contributed by atoms with Gasteiger partial charge >= 0.3 is 0 Å². The molecule has 0 unspecified atom stereocenters. The van der Waals surface area contributed by atoms with Gasteiger partial charge < -0.3 is 14.5 Å². The molecule has 0 spiro atoms. The highest BCUT2D eigenvalue weighted by Gasteiger charge is 2.36. The van der Waals surface area contributed by atoms with Crippen LogP contribution in [0, 0.1) is 5.92 Å². The van der Waals surface area contributed by atoms with Crippen LogP contribution in [0.3, 0.4) is 0 Å². The second-order valence-corrected chi connectivity index (χ2v) is 8.63. The second kappa shape index (κ2) is 6.74. The number of aromatic nitrogens is 4. The molecule has 2 aliphatic rings. The summed E-state index contributed by atoms with van der Waals surface area (Å²) in [5, 5.41) is 13.3. The smallest absolute Gasteiger partial charge is 0.225 e. The minimum absolute atomic E-state index is 0.110. The van der Waals surface area contributed by atoms with Crippen molar-refractivity contribution in [3.8, 4) is 0 Å². The van der Waals surface area contributed by atoms with E-state index in [0.717, 1.165) is 43.2 Å². The molecule has 0 radical (unpaired) electrons. The van der Waals surface area contributed by atoms with E-state index in [1.165, 1.54) is 0 Å². The van der Waals surface area contributed by atoms with E-state index in [9.17, 15) is 4.79 Å². The summed E-state index contributed by atoms with van der Waals surface area (Å²) in [6.07, 6.45) is 1.67. The SMILES string of the molecule is CN(C(=O)C1CCOCC1)C1CN(c2ccc3nnc(C(C)(C)C)n3n2)C1. The molecule has 2 saturated heterocycles. The Morgan fingerprint density at radius 2 is 1.89 bits per heavy atom. The van der Waals surface area contributed by atoms with Gasteiger partial charge in [0.2, 0.25) is 5.91 Å². The van der Waals surface area contributed by atoms with E-state index in [2.05, 4.69) is 35.9 Å². The van der Waals surface area contributed by atoms with Crippen molar-refractivity contribution in [2.45, 2.75) is 45.1 Å². The van der Waals surface area contributed by atoms with Gasteiger partial charge in [-0.2, -0.15) is 4.52 Å². The van der Waals surface area contributed by atoms with Crippen molar-refractivity contribution >= 4 is 17.4 Å². The lowest BCUT2D eigenvalue weighted by Gasteiger charge is -2.45. The highest BCUT2D eigenvalue weighted by atomic mass is 16.5. The number of likely N-dealkylation sites (N-methyl/N-ethyl adjacent to an activating group) is 1. The standard InChI is InChI=1S/C19H28N6O2/c1-19(2,3)18-21-20-15-5-6-16(22-25(15)18)24-11-14(12-24)23(4)17(26)13-7-9-27-10-8-13/h5-6,13-14H,7-12H2,1-4H3. The fourth-order valence-corrected chi connectivity index (χ4v) is 3.72. The van der Waals surface area contributed by atoms with Crippen molar-refractivity contribution < 1.29 is 9.53 Å². The van der Waals surface area contributed by atoms with Crippen molar-refractivity contribution in [3.63, 3.8) is 0 Å². The molecule has 2 aromatic heterocycles. The molecule has 0 saturated carbocycles. The summed E-state index contributed by atoms with van der Waals surface area (Å²) in [7, 11) is 1.92. The molecule has 0 bridgehead atoms. The van der Waals surface area contributed by atoms with Gasteiger partial charge in [-0.25, -0.2) is 0 Å². The highest BCUT2D eigenvalue weighted by Crippen LogP contribution is 2.26. The van der Waals surface area contributed by atoms with E-state index < -0.39 is 0 Å². The number of carbonyl (C=O) groups excluding carboxylic acids is 1. The van der Waals surface area contributed by atoms with Gasteiger partial charge in [0.05, 0.1) is 6.04 Å². The van der Waals surface area contributed by atoms with Gasteiger partial charge in [0.1, 0.15) is 5.82 Å². The summed E-state index contributed by atoms with van der Waals surface area (Å²) in [5.74, 6) is 2.11. The van der Waals surface area contributed by atoms with Gasteiger partial charge in [-0.3, -0.25) is 4.79 Å². The third kappa shape index (κ3) is 3.38. The quantitative estimate of drug-likeness (QED) is 0.813. The number of hydrogen-bond acceptors (Lipinski definition) is 6. The minimum atomic E-state index is -0.126. The first-order chi connectivity index (χ1) is 12.8. The first-order valence-electron chi connectivity index (χ1n) is 9.67. The van der Waals surface area contributed by atoms with E-state index in [1.807, 2.05) is 28.6 Å². The Hall–Kier alpha value is -2.22. The van der Waals surface area contributed by atoms with E-state index in [0.29, 0.717) is 13.2 Å². The van der Waals surface area contributed by atoms with Crippen molar-refractivity contribution in [3.05, 3.63) is 18.0 Å². The van der Waals surface area contributed by atoms with Crippen molar-refractivity contribution in [2.75, 3.05) is 38.3 Å². The monoisotopic (exact) mass is 372 g/mol. The Bertz CT molecular complexity index is 830. The minimum Gasteiger partial charge on any atom is -0.381 e. The molecule has 8 heteroatoms. The Morgan fingerprint density at radius 3 is 2.56 bits per heavy atom. The summed E-state index contributed by atoms with van der Waals surface area (Å²) in [6, 6.07) is 4.17. The summed E-state index contributed by atoms with van der Waals surface area (Å²) in [6.45, 7) is 9.31. The molecule has 1 amide bonds. The van der Waals surface area contributed by atoms with Gasteiger partial charge in [0.25, 0.3) is 0 Å². The van der Waals surface area contributed by atoms with Crippen LogP contribution < -0.4 is 4.90 Å². The Balaban J connectivity index is 1.43. The molecular formula is C19H28N6O2. The Labute approximate surface area is 159 Å². The largest absolute Gasteiger partial charge is 0.381 e. The number of carbonyl (C=O) groups is 1. The fourth-order valence-electron chi connectivity index (χ4n) is 3.72. The van der Waals surface area contributed by atoms with E-state index in [-0.39, 0.29) is 23.3 Å². The van der Waals surface area contributed by atoms with Crippen LogP contribution in [-0.2, 0) is 14.9 Å². The molecule has 146 valence electrons. The third-order valence-corrected chi connectivity index (χ3v) is 5.57. The van der Waals surface area contributed by atoms with Crippen LogP contribution in [0.4, 0.5) is 5.82 Å². The van der Waals surface area contributed by atoms with Crippen molar-refractivity contribution in [2.24, 2.45) is 5.92 Å². The van der Waals surface area contributed by atoms with Gasteiger partial charge in [-0.05, 0) is 25.0 Å². The van der Waals surface area contributed by atoms with Crippen LogP contribution >= 0.6 is 0 Å². The van der Waals surface area contributed by atoms with E-state index >= 15 is 0 Å². The lowest BCUT2D eigenvalue weighted by molar-refractivity contribution is -0.139. The lowest BCUT2D eigenvalue weighted by atomic mass is 9.96. The maximum absolute atomic E-state index is 12.7. The van der Waals surface area contributed by atoms with E-state index in [4.69, 9.17) is 9.84 Å². The van der Waals surface area contributed by atoms with E-state index in [1.54, 1.807) is 0 Å². The molecule has 2 fully saturated rings. The van der Waals surface area contributed by atoms with Crippen LogP contribution in [0.1, 0.15) is 39.4 Å². The zero-order chi connectivity index (χ0) is 19.2. The molecule has 0 aromatic carbocycles. The van der Waals surface area contributed by atoms with Crippen LogP contribution in [0.15, 0.2) is 12.1 Å². The third-order valence-electron chi connectivity index (χ3n) is 5.57. The number of fused-ring (bicyclic) bond motifs is 1. The molecule has 4 rings (SSSR count). The summed E-state index contributed by atoms with van der Waals surface area (Å²) >= 11 is 0. The Kier molecular flexibility index (Phi) is 4.53. The molecule has 2 aliphatic heterocycles. The normalized spacial score (nSPS) is 19.3. The first kappa shape index (κ1) is 18.2. The second-order valence-electron chi connectivity index (χ2n) is 8.63. The van der Waals surface area contributed by atoms with Crippen LogP contribution in [0.25, 0.3) is 5.65 Å². The lowest BCUT2D eigenvalue weighted by Crippen LogP contribution is -2.61. The van der Waals surface area contributed by atoms with Crippen LogP contribution in [-0.4, -0.2) is 70.0 Å². The average Bonchev–Trinajstić information content (AvgIpc) is 3.04. The predicted molar refractivity (Wildman–Crippen MR) is 102 cm³/mol. The zero-order valence-electron chi connectivity index (χ0n) is 16.6. The fraction of sp³-hybridized carbons (Fsp3) is 0.684. The summed E-state index contributed by atoms with van der Waals surface area (Å²) in [5.41, 5.74) is 0.631. The Morgan fingerprint density at radius 1 is 1.19 bits per heavy atom. The first-order valence-corrected chi connectivity index (χ1v) is 9.67. The van der Waals surface area contributed by atoms with Gasteiger partial charge in [0, 0.05) is 44.7 Å². The zero-order valence-corrected chi connectivity index (χ0v) is 16.6. The molecular weight excluding hydrogens is 344 g/mol. The van der Waals surface area contributed by atoms with Crippen LogP contribution in [0.5, 0.6) is 0 Å². The molecule has 8 nitrogen and oxygen atoms in total. The maximum Gasteiger partial charge on any atom is 0.225 e. The number of amides is 1. The molecule has 27 heavy (non-hydrogen) atoms. The van der Waals surface area contributed by atoms with Gasteiger partial charge in [-0.15, -0.1) is 15.3 Å². The topological polar surface area (TPSA) is 75.9 Å². The average molecular weight is 372 g/mol. The number of hydrogen-bond donors (Lipinski definition) is 0. The number of ether oxygens (including phenoxy) is 1. The molecule has 0 N–H and O–H groups in total. The molecule has 0 atom stereocenters. The molecule has 4 heterocycles. The summed E-state index contributed by atoms with van der Waals surface area (Å²) < 4.78 is 7.20. The number of nitrogens with zero attached hydrogens (tertiary/aromatic N) is 6. The van der Waals surface area contributed by atoms with Crippen LogP contribution in [0.2, 0.25) is 0 Å². The number of rotatable bonds is 3. The molecule has 0 aliphatic carbocycles.